The van der Waals surface area contributed by atoms with Crippen molar-refractivity contribution in [1.29, 1.82) is 0 Å². The summed E-state index contributed by atoms with van der Waals surface area (Å²) < 4.78 is 4.57. The van der Waals surface area contributed by atoms with Crippen molar-refractivity contribution in [3.8, 4) is 0 Å². The van der Waals surface area contributed by atoms with Gasteiger partial charge in [0.25, 0.3) is 0 Å². The highest BCUT2D eigenvalue weighted by Crippen LogP contribution is 2.25. The molecule has 4 nitrogen and oxygen atoms in total. The summed E-state index contributed by atoms with van der Waals surface area (Å²) in [7, 11) is 1.38. The van der Waals surface area contributed by atoms with Crippen molar-refractivity contribution in [2.24, 2.45) is 5.92 Å². The molecule has 0 spiro atoms. The molecule has 0 aromatic heterocycles. The molecule has 0 aliphatic heterocycles. The van der Waals surface area contributed by atoms with Crippen molar-refractivity contribution < 1.29 is 14.6 Å². The van der Waals surface area contributed by atoms with Crippen LogP contribution in [-0.2, 0) is 9.53 Å². The second-order valence-electron chi connectivity index (χ2n) is 4.03. The first kappa shape index (κ1) is 12.2. The first-order valence-corrected chi connectivity index (χ1v) is 5.27. The van der Waals surface area contributed by atoms with Crippen LogP contribution in [0.25, 0.3) is 0 Å². The number of carbonyl (C=O) groups is 1. The Bertz CT molecular complexity index is 244. The minimum absolute atomic E-state index is 0.0934. The highest BCUT2D eigenvalue weighted by atomic mass is 16.5. The van der Waals surface area contributed by atoms with E-state index in [1.807, 2.05) is 6.08 Å². The lowest BCUT2D eigenvalue weighted by atomic mass is 9.82. The molecule has 1 aliphatic rings. The molecule has 0 aromatic carbocycles. The quantitative estimate of drug-likeness (QED) is 0.396. The summed E-state index contributed by atoms with van der Waals surface area (Å²) in [5.41, 5.74) is 0.624. The first-order chi connectivity index (χ1) is 7.13. The molecule has 4 heteroatoms. The fourth-order valence-electron chi connectivity index (χ4n) is 1.62. The zero-order chi connectivity index (χ0) is 11.3. The monoisotopic (exact) mass is 213 g/mol. The number of nitrogens with one attached hydrogen (secondary N) is 1. The SMILES string of the molecule is COC(=O)C(C)=CCNCC1CC(O)C1. The van der Waals surface area contributed by atoms with Gasteiger partial charge in [-0.1, -0.05) is 6.08 Å². The molecule has 1 aliphatic carbocycles. The van der Waals surface area contributed by atoms with E-state index in [2.05, 4.69) is 10.1 Å². The van der Waals surface area contributed by atoms with Crippen molar-refractivity contribution in [3.63, 3.8) is 0 Å². The minimum atomic E-state index is -0.282. The maximum Gasteiger partial charge on any atom is 0.333 e. The number of hydrogen-bond donors (Lipinski definition) is 2. The van der Waals surface area contributed by atoms with E-state index in [4.69, 9.17) is 5.11 Å². The second kappa shape index (κ2) is 5.88. The zero-order valence-electron chi connectivity index (χ0n) is 9.32. The third-order valence-electron chi connectivity index (χ3n) is 2.70. The number of carbonyl (C=O) groups excluding carboxylic acids is 1. The number of ether oxygens (including phenoxy) is 1. The van der Waals surface area contributed by atoms with E-state index in [0.29, 0.717) is 18.0 Å². The van der Waals surface area contributed by atoms with Crippen LogP contribution in [0, 0.1) is 5.92 Å². The summed E-state index contributed by atoms with van der Waals surface area (Å²) in [5, 5.41) is 12.3. The molecule has 0 heterocycles. The minimum Gasteiger partial charge on any atom is -0.466 e. The number of methoxy groups -OCH3 is 1. The highest BCUT2D eigenvalue weighted by Gasteiger charge is 2.26. The molecule has 0 atom stereocenters. The van der Waals surface area contributed by atoms with E-state index in [-0.39, 0.29) is 12.1 Å². The van der Waals surface area contributed by atoms with Crippen LogP contribution in [0.2, 0.25) is 0 Å². The van der Waals surface area contributed by atoms with Gasteiger partial charge in [-0.2, -0.15) is 0 Å². The molecular weight excluding hydrogens is 194 g/mol. The van der Waals surface area contributed by atoms with Gasteiger partial charge in [0, 0.05) is 12.1 Å². The Morgan fingerprint density at radius 1 is 1.60 bits per heavy atom. The Kier molecular flexibility index (Phi) is 4.78. The number of esters is 1. The van der Waals surface area contributed by atoms with E-state index in [1.165, 1.54) is 7.11 Å². The Balaban J connectivity index is 2.07. The summed E-state index contributed by atoms with van der Waals surface area (Å²) in [6.07, 6.45) is 3.52. The second-order valence-corrected chi connectivity index (χ2v) is 4.03. The van der Waals surface area contributed by atoms with Crippen molar-refractivity contribution in [1.82, 2.24) is 5.32 Å². The predicted octanol–water partition coefficient (Wildman–Crippen LogP) is 0.466. The molecule has 15 heavy (non-hydrogen) atoms. The molecule has 0 radical (unpaired) electrons. The predicted molar refractivity (Wildman–Crippen MR) is 57.4 cm³/mol. The lowest BCUT2D eigenvalue weighted by Crippen LogP contribution is -2.36. The van der Waals surface area contributed by atoms with Crippen molar-refractivity contribution >= 4 is 5.97 Å². The largest absolute Gasteiger partial charge is 0.466 e. The van der Waals surface area contributed by atoms with Crippen molar-refractivity contribution in [2.75, 3.05) is 20.2 Å². The summed E-state index contributed by atoms with van der Waals surface area (Å²) >= 11 is 0. The van der Waals surface area contributed by atoms with Crippen LogP contribution in [0.5, 0.6) is 0 Å². The fraction of sp³-hybridized carbons (Fsp3) is 0.727. The first-order valence-electron chi connectivity index (χ1n) is 5.27. The number of rotatable bonds is 5. The summed E-state index contributed by atoms with van der Waals surface area (Å²) in [5.74, 6) is 0.308. The van der Waals surface area contributed by atoms with E-state index < -0.39 is 0 Å². The van der Waals surface area contributed by atoms with Gasteiger partial charge in [0.15, 0.2) is 0 Å². The van der Waals surface area contributed by atoms with Crippen LogP contribution in [-0.4, -0.2) is 37.4 Å². The topological polar surface area (TPSA) is 58.6 Å². The highest BCUT2D eigenvalue weighted by molar-refractivity contribution is 5.87. The zero-order valence-corrected chi connectivity index (χ0v) is 9.32. The van der Waals surface area contributed by atoms with Gasteiger partial charge in [-0.05, 0) is 32.2 Å². The van der Waals surface area contributed by atoms with Crippen LogP contribution >= 0.6 is 0 Å². The molecule has 0 bridgehead atoms. The average molecular weight is 213 g/mol. The lowest BCUT2D eigenvalue weighted by molar-refractivity contribution is -0.136. The summed E-state index contributed by atoms with van der Waals surface area (Å²) in [4.78, 5) is 11.0. The molecule has 1 rings (SSSR count). The number of aliphatic hydroxyl groups is 1. The Morgan fingerprint density at radius 3 is 2.80 bits per heavy atom. The van der Waals surface area contributed by atoms with Crippen LogP contribution in [0.3, 0.4) is 0 Å². The molecule has 0 aromatic rings. The van der Waals surface area contributed by atoms with Gasteiger partial charge < -0.3 is 15.2 Å². The summed E-state index contributed by atoms with van der Waals surface area (Å²) in [6.45, 7) is 3.32. The lowest BCUT2D eigenvalue weighted by Gasteiger charge is -2.31. The van der Waals surface area contributed by atoms with E-state index in [1.54, 1.807) is 6.92 Å². The molecule has 1 fully saturated rings. The van der Waals surface area contributed by atoms with E-state index in [0.717, 1.165) is 19.4 Å². The third kappa shape index (κ3) is 4.01. The molecule has 2 N–H and O–H groups in total. The molecule has 0 saturated heterocycles. The number of aliphatic hydroxyl groups excluding tert-OH is 1. The molecule has 1 saturated carbocycles. The molecule has 0 unspecified atom stereocenters. The van der Waals surface area contributed by atoms with E-state index >= 15 is 0 Å². The third-order valence-corrected chi connectivity index (χ3v) is 2.70. The Labute approximate surface area is 90.3 Å². The maximum absolute atomic E-state index is 11.0. The van der Waals surface area contributed by atoms with Crippen LogP contribution < -0.4 is 5.32 Å². The van der Waals surface area contributed by atoms with E-state index in [9.17, 15) is 4.79 Å². The molecular formula is C11H19NO3. The Morgan fingerprint density at radius 2 is 2.27 bits per heavy atom. The molecule has 0 amide bonds. The smallest absolute Gasteiger partial charge is 0.333 e. The Hall–Kier alpha value is -0.870. The van der Waals surface area contributed by atoms with Gasteiger partial charge in [0.05, 0.1) is 13.2 Å². The van der Waals surface area contributed by atoms with Gasteiger partial charge >= 0.3 is 5.97 Å². The van der Waals surface area contributed by atoms with Gasteiger partial charge in [-0.15, -0.1) is 0 Å². The maximum atomic E-state index is 11.0. The van der Waals surface area contributed by atoms with Gasteiger partial charge in [-0.3, -0.25) is 0 Å². The standard InChI is InChI=1S/C11H19NO3/c1-8(11(14)15-2)3-4-12-7-9-5-10(13)6-9/h3,9-10,12-13H,4-7H2,1-2H3. The van der Waals surface area contributed by atoms with Gasteiger partial charge in [-0.25, -0.2) is 4.79 Å². The normalized spacial score (nSPS) is 25.9. The van der Waals surface area contributed by atoms with Crippen LogP contribution in [0.4, 0.5) is 0 Å². The molecule has 86 valence electrons. The van der Waals surface area contributed by atoms with Crippen LogP contribution in [0.15, 0.2) is 11.6 Å². The fourth-order valence-corrected chi connectivity index (χ4v) is 1.62. The summed E-state index contributed by atoms with van der Waals surface area (Å²) in [6, 6.07) is 0. The van der Waals surface area contributed by atoms with Crippen molar-refractivity contribution in [3.05, 3.63) is 11.6 Å². The van der Waals surface area contributed by atoms with Crippen molar-refractivity contribution in [2.45, 2.75) is 25.9 Å². The van der Waals surface area contributed by atoms with Gasteiger partial charge in [0.1, 0.15) is 0 Å². The average Bonchev–Trinajstić information content (AvgIpc) is 2.19. The van der Waals surface area contributed by atoms with Gasteiger partial charge in [0.2, 0.25) is 0 Å². The number of hydrogen-bond acceptors (Lipinski definition) is 4. The van der Waals surface area contributed by atoms with Crippen LogP contribution in [0.1, 0.15) is 19.8 Å².